The van der Waals surface area contributed by atoms with E-state index >= 15 is 0 Å². The molecule has 0 saturated carbocycles. The summed E-state index contributed by atoms with van der Waals surface area (Å²) < 4.78 is 2.24. The summed E-state index contributed by atoms with van der Waals surface area (Å²) >= 11 is 0. The van der Waals surface area contributed by atoms with Crippen molar-refractivity contribution < 1.29 is 0 Å². The number of benzene rings is 1. The SMILES string of the molecule is CNC(CN1CCn2ccnc2C1)c1ccccc1. The Morgan fingerprint density at radius 3 is 2.89 bits per heavy atom. The summed E-state index contributed by atoms with van der Waals surface area (Å²) in [6.45, 7) is 4.10. The van der Waals surface area contributed by atoms with Gasteiger partial charge >= 0.3 is 0 Å². The second-order valence-corrected chi connectivity index (χ2v) is 5.02. The Morgan fingerprint density at radius 1 is 1.26 bits per heavy atom. The lowest BCUT2D eigenvalue weighted by Gasteiger charge is -2.31. The van der Waals surface area contributed by atoms with E-state index in [2.05, 4.69) is 56.3 Å². The van der Waals surface area contributed by atoms with E-state index in [1.165, 1.54) is 11.4 Å². The van der Waals surface area contributed by atoms with E-state index in [1.807, 2.05) is 13.2 Å². The molecule has 0 spiro atoms. The summed E-state index contributed by atoms with van der Waals surface area (Å²) in [5.74, 6) is 1.18. The van der Waals surface area contributed by atoms with Crippen molar-refractivity contribution in [1.29, 1.82) is 0 Å². The van der Waals surface area contributed by atoms with E-state index in [0.717, 1.165) is 26.2 Å². The number of likely N-dealkylation sites (N-methyl/N-ethyl adjacent to an activating group) is 1. The first-order valence-corrected chi connectivity index (χ1v) is 6.81. The fraction of sp³-hybridized carbons (Fsp3) is 0.400. The molecule has 100 valence electrons. The first kappa shape index (κ1) is 12.4. The smallest absolute Gasteiger partial charge is 0.122 e. The minimum absolute atomic E-state index is 0.378. The lowest BCUT2D eigenvalue weighted by molar-refractivity contribution is 0.197. The van der Waals surface area contributed by atoms with Crippen LogP contribution in [-0.4, -0.2) is 34.6 Å². The molecule has 1 aliphatic heterocycles. The number of fused-ring (bicyclic) bond motifs is 1. The molecule has 0 saturated heterocycles. The number of hydrogen-bond donors (Lipinski definition) is 1. The van der Waals surface area contributed by atoms with Crippen LogP contribution in [0.4, 0.5) is 0 Å². The van der Waals surface area contributed by atoms with Gasteiger partial charge in [-0.25, -0.2) is 4.98 Å². The lowest BCUT2D eigenvalue weighted by atomic mass is 10.1. The molecule has 0 bridgehead atoms. The third-order valence-electron chi connectivity index (χ3n) is 3.82. The van der Waals surface area contributed by atoms with Crippen LogP contribution in [0.1, 0.15) is 17.4 Å². The molecule has 1 N–H and O–H groups in total. The fourth-order valence-electron chi connectivity index (χ4n) is 2.69. The van der Waals surface area contributed by atoms with Crippen LogP contribution in [0.3, 0.4) is 0 Å². The van der Waals surface area contributed by atoms with E-state index in [1.54, 1.807) is 0 Å². The highest BCUT2D eigenvalue weighted by Gasteiger charge is 2.20. The molecule has 1 aliphatic rings. The van der Waals surface area contributed by atoms with Gasteiger partial charge in [-0.1, -0.05) is 30.3 Å². The summed E-state index contributed by atoms with van der Waals surface area (Å²) in [7, 11) is 2.03. The van der Waals surface area contributed by atoms with E-state index in [9.17, 15) is 0 Å². The van der Waals surface area contributed by atoms with Gasteiger partial charge in [0.05, 0.1) is 6.54 Å². The van der Waals surface area contributed by atoms with Gasteiger partial charge in [0.1, 0.15) is 5.82 Å². The van der Waals surface area contributed by atoms with Crippen molar-refractivity contribution in [1.82, 2.24) is 19.8 Å². The molecular formula is C15H20N4. The maximum absolute atomic E-state index is 4.41. The average molecular weight is 256 g/mol. The number of imidazole rings is 1. The molecule has 2 heterocycles. The van der Waals surface area contributed by atoms with Gasteiger partial charge in [0.15, 0.2) is 0 Å². The molecule has 0 fully saturated rings. The molecule has 1 unspecified atom stereocenters. The Labute approximate surface area is 114 Å². The van der Waals surface area contributed by atoms with Crippen molar-refractivity contribution >= 4 is 0 Å². The van der Waals surface area contributed by atoms with E-state index in [4.69, 9.17) is 0 Å². The van der Waals surface area contributed by atoms with E-state index in [0.29, 0.717) is 6.04 Å². The summed E-state index contributed by atoms with van der Waals surface area (Å²) in [4.78, 5) is 6.88. The van der Waals surface area contributed by atoms with Crippen molar-refractivity contribution in [3.05, 3.63) is 54.1 Å². The van der Waals surface area contributed by atoms with Gasteiger partial charge in [0.2, 0.25) is 0 Å². The van der Waals surface area contributed by atoms with Crippen LogP contribution in [0.2, 0.25) is 0 Å². The lowest BCUT2D eigenvalue weighted by Crippen LogP contribution is -2.39. The predicted octanol–water partition coefficient (Wildman–Crippen LogP) is 1.66. The topological polar surface area (TPSA) is 33.1 Å². The molecule has 2 aromatic rings. The van der Waals surface area contributed by atoms with Gasteiger partial charge < -0.3 is 9.88 Å². The molecule has 0 amide bonds. The Balaban J connectivity index is 1.68. The molecule has 1 aromatic heterocycles. The molecule has 0 radical (unpaired) electrons. The van der Waals surface area contributed by atoms with Gasteiger partial charge in [0.25, 0.3) is 0 Å². The first-order valence-electron chi connectivity index (χ1n) is 6.81. The molecule has 3 rings (SSSR count). The number of nitrogens with one attached hydrogen (secondary N) is 1. The first-order chi connectivity index (χ1) is 9.36. The van der Waals surface area contributed by atoms with Gasteiger partial charge in [-0.2, -0.15) is 0 Å². The Kier molecular flexibility index (Phi) is 3.62. The van der Waals surface area contributed by atoms with E-state index in [-0.39, 0.29) is 0 Å². The summed E-state index contributed by atoms with van der Waals surface area (Å²) in [6, 6.07) is 11.0. The highest BCUT2D eigenvalue weighted by atomic mass is 15.2. The Morgan fingerprint density at radius 2 is 2.11 bits per heavy atom. The van der Waals surface area contributed by atoms with Crippen LogP contribution in [0.15, 0.2) is 42.7 Å². The number of hydrogen-bond acceptors (Lipinski definition) is 3. The van der Waals surface area contributed by atoms with Gasteiger partial charge in [-0.15, -0.1) is 0 Å². The van der Waals surface area contributed by atoms with Crippen molar-refractivity contribution in [2.45, 2.75) is 19.1 Å². The van der Waals surface area contributed by atoms with Crippen LogP contribution < -0.4 is 5.32 Å². The summed E-state index contributed by atoms with van der Waals surface area (Å²) in [5, 5.41) is 3.41. The van der Waals surface area contributed by atoms with Crippen molar-refractivity contribution in [3.63, 3.8) is 0 Å². The van der Waals surface area contributed by atoms with Gasteiger partial charge in [-0.3, -0.25) is 4.90 Å². The third-order valence-corrected chi connectivity index (χ3v) is 3.82. The van der Waals surface area contributed by atoms with Crippen molar-refractivity contribution in [2.24, 2.45) is 0 Å². The highest BCUT2D eigenvalue weighted by molar-refractivity contribution is 5.19. The summed E-state index contributed by atoms with van der Waals surface area (Å²) in [5.41, 5.74) is 1.35. The number of aromatic nitrogens is 2. The minimum Gasteiger partial charge on any atom is -0.333 e. The maximum Gasteiger partial charge on any atom is 0.122 e. The van der Waals surface area contributed by atoms with Crippen LogP contribution in [-0.2, 0) is 13.1 Å². The van der Waals surface area contributed by atoms with E-state index < -0.39 is 0 Å². The van der Waals surface area contributed by atoms with Crippen molar-refractivity contribution in [2.75, 3.05) is 20.1 Å². The number of rotatable bonds is 4. The Hall–Kier alpha value is -1.65. The second-order valence-electron chi connectivity index (χ2n) is 5.02. The highest BCUT2D eigenvalue weighted by Crippen LogP contribution is 2.17. The standard InChI is InChI=1S/C15H20N4/c1-16-14(13-5-3-2-4-6-13)11-18-9-10-19-8-7-17-15(19)12-18/h2-8,14,16H,9-12H2,1H3. The fourth-order valence-corrected chi connectivity index (χ4v) is 2.69. The molecule has 4 nitrogen and oxygen atoms in total. The molecule has 19 heavy (non-hydrogen) atoms. The number of nitrogens with zero attached hydrogens (tertiary/aromatic N) is 3. The Bertz CT molecular complexity index is 520. The van der Waals surface area contributed by atoms with Gasteiger partial charge in [0, 0.05) is 38.1 Å². The third kappa shape index (κ3) is 2.69. The zero-order valence-corrected chi connectivity index (χ0v) is 11.3. The van der Waals surface area contributed by atoms with Crippen molar-refractivity contribution in [3.8, 4) is 0 Å². The zero-order valence-electron chi connectivity index (χ0n) is 11.3. The monoisotopic (exact) mass is 256 g/mol. The van der Waals surface area contributed by atoms with Crippen LogP contribution in [0, 0.1) is 0 Å². The summed E-state index contributed by atoms with van der Waals surface area (Å²) in [6.07, 6.45) is 3.96. The maximum atomic E-state index is 4.41. The second kappa shape index (κ2) is 5.55. The van der Waals surface area contributed by atoms with Crippen LogP contribution in [0.25, 0.3) is 0 Å². The predicted molar refractivity (Wildman–Crippen MR) is 75.7 cm³/mol. The zero-order chi connectivity index (χ0) is 13.1. The molecular weight excluding hydrogens is 236 g/mol. The normalized spacial score (nSPS) is 17.1. The van der Waals surface area contributed by atoms with Crippen LogP contribution >= 0.6 is 0 Å². The molecule has 4 heteroatoms. The molecule has 1 atom stereocenters. The largest absolute Gasteiger partial charge is 0.333 e. The molecule has 1 aromatic carbocycles. The quantitative estimate of drug-likeness (QED) is 0.903. The van der Waals surface area contributed by atoms with Gasteiger partial charge in [-0.05, 0) is 12.6 Å². The molecule has 0 aliphatic carbocycles. The van der Waals surface area contributed by atoms with Crippen LogP contribution in [0.5, 0.6) is 0 Å². The minimum atomic E-state index is 0.378. The average Bonchev–Trinajstić information content (AvgIpc) is 2.93.